The highest BCUT2D eigenvalue weighted by atomic mass is 35.5. The quantitative estimate of drug-likeness (QED) is 0.524. The number of aromatic nitrogens is 2. The smallest absolute Gasteiger partial charge is 0.250 e. The molecule has 31 heavy (non-hydrogen) atoms. The third kappa shape index (κ3) is 4.47. The largest absolute Gasteiger partial charge is 0.366 e. The number of aryl methyl sites for hydroxylation is 1. The summed E-state index contributed by atoms with van der Waals surface area (Å²) < 4.78 is 1.82. The molecule has 1 fully saturated rings. The summed E-state index contributed by atoms with van der Waals surface area (Å²) in [6, 6.07) is 7.49. The van der Waals surface area contributed by atoms with Crippen LogP contribution in [0.3, 0.4) is 0 Å². The summed E-state index contributed by atoms with van der Waals surface area (Å²) >= 11 is 6.47. The molecule has 0 aliphatic heterocycles. The number of nitrogens with one attached hydrogen (secondary N) is 2. The highest BCUT2D eigenvalue weighted by molar-refractivity contribution is 6.33. The van der Waals surface area contributed by atoms with Gasteiger partial charge in [-0.25, -0.2) is 4.98 Å². The minimum Gasteiger partial charge on any atom is -0.366 e. The third-order valence-electron chi connectivity index (χ3n) is 5.35. The van der Waals surface area contributed by atoms with Crippen LogP contribution in [0.5, 0.6) is 0 Å². The Kier molecular flexibility index (Phi) is 5.80. The van der Waals surface area contributed by atoms with Crippen LogP contribution in [0.4, 0.5) is 5.82 Å². The maximum Gasteiger partial charge on any atom is 0.250 e. The summed E-state index contributed by atoms with van der Waals surface area (Å²) in [6.07, 6.45) is 7.05. The van der Waals surface area contributed by atoms with Gasteiger partial charge in [0.2, 0.25) is 5.91 Å². The Morgan fingerprint density at radius 1 is 1.23 bits per heavy atom. The molecule has 2 aromatic heterocycles. The second kappa shape index (κ2) is 8.53. The Morgan fingerprint density at radius 3 is 2.68 bits per heavy atom. The van der Waals surface area contributed by atoms with Crippen molar-refractivity contribution in [3.63, 3.8) is 0 Å². The first-order valence-electron chi connectivity index (χ1n) is 10.1. The Hall–Kier alpha value is -3.16. The Morgan fingerprint density at radius 2 is 2.00 bits per heavy atom. The molecule has 0 atom stereocenters. The molecule has 0 saturated heterocycles. The van der Waals surface area contributed by atoms with Gasteiger partial charge in [-0.15, -0.1) is 0 Å². The lowest BCUT2D eigenvalue weighted by Crippen LogP contribution is -2.14. The highest BCUT2D eigenvalue weighted by Crippen LogP contribution is 2.34. The van der Waals surface area contributed by atoms with Crippen molar-refractivity contribution in [1.82, 2.24) is 14.9 Å². The van der Waals surface area contributed by atoms with Crippen LogP contribution >= 0.6 is 11.6 Å². The van der Waals surface area contributed by atoms with Gasteiger partial charge < -0.3 is 20.9 Å². The molecule has 2 amide bonds. The van der Waals surface area contributed by atoms with E-state index in [0.717, 1.165) is 35.2 Å². The summed E-state index contributed by atoms with van der Waals surface area (Å²) in [5, 5.41) is 6.51. The van der Waals surface area contributed by atoms with Gasteiger partial charge in [0.05, 0.1) is 11.3 Å². The molecule has 0 bridgehead atoms. The summed E-state index contributed by atoms with van der Waals surface area (Å²) in [5.74, 6) is -0.0000826. The first kappa shape index (κ1) is 21.1. The molecular weight excluding hydrogens is 414 g/mol. The van der Waals surface area contributed by atoms with Gasteiger partial charge >= 0.3 is 0 Å². The van der Waals surface area contributed by atoms with Crippen LogP contribution < -0.4 is 16.4 Å². The molecule has 0 unspecified atom stereocenters. The number of rotatable bonds is 7. The zero-order valence-electron chi connectivity index (χ0n) is 17.4. The first-order chi connectivity index (χ1) is 14.9. The average Bonchev–Trinajstić information content (AvgIpc) is 3.50. The number of primary amides is 1. The standard InChI is InChI=1S/C23H24ClN5O2/c1-13-9-27-21(28-23(31)15-4-5-15)8-20(13)29-11-17(18(12-29)22(25)30)16-7-14(10-26-2)3-6-19(16)24/h3,6-9,11-12,15,26H,4-5,10H2,1-2H3,(H2,25,30)(H,27,28,31). The molecule has 0 spiro atoms. The molecule has 1 aliphatic carbocycles. The van der Waals surface area contributed by atoms with E-state index in [0.29, 0.717) is 28.5 Å². The lowest BCUT2D eigenvalue weighted by Gasteiger charge is -2.10. The van der Waals surface area contributed by atoms with Crippen molar-refractivity contribution in [3.05, 3.63) is 64.6 Å². The predicted molar refractivity (Wildman–Crippen MR) is 121 cm³/mol. The van der Waals surface area contributed by atoms with E-state index in [1.807, 2.05) is 42.9 Å². The molecule has 2 heterocycles. The Labute approximate surface area is 185 Å². The van der Waals surface area contributed by atoms with Crippen LogP contribution in [-0.2, 0) is 11.3 Å². The van der Waals surface area contributed by atoms with Gasteiger partial charge in [0, 0.05) is 53.3 Å². The van der Waals surface area contributed by atoms with Gasteiger partial charge in [-0.05, 0) is 50.1 Å². The minimum atomic E-state index is -0.544. The second-order valence-electron chi connectivity index (χ2n) is 7.82. The van der Waals surface area contributed by atoms with E-state index in [2.05, 4.69) is 15.6 Å². The topological polar surface area (TPSA) is 102 Å². The van der Waals surface area contributed by atoms with Crippen LogP contribution in [-0.4, -0.2) is 28.4 Å². The van der Waals surface area contributed by atoms with Gasteiger partial charge in [-0.3, -0.25) is 9.59 Å². The minimum absolute atomic E-state index is 0.0125. The zero-order chi connectivity index (χ0) is 22.1. The first-order valence-corrected chi connectivity index (χ1v) is 10.5. The van der Waals surface area contributed by atoms with Crippen molar-refractivity contribution >= 4 is 29.2 Å². The van der Waals surface area contributed by atoms with Crippen molar-refractivity contribution in [2.45, 2.75) is 26.3 Å². The maximum absolute atomic E-state index is 12.2. The Balaban J connectivity index is 1.77. The van der Waals surface area contributed by atoms with E-state index in [1.54, 1.807) is 18.5 Å². The van der Waals surface area contributed by atoms with Crippen molar-refractivity contribution in [2.75, 3.05) is 12.4 Å². The number of carbonyl (C=O) groups is 2. The number of pyridine rings is 1. The fourth-order valence-electron chi connectivity index (χ4n) is 3.53. The van der Waals surface area contributed by atoms with Gasteiger partial charge in [-0.2, -0.15) is 0 Å². The molecule has 1 aromatic carbocycles. The number of carbonyl (C=O) groups excluding carboxylic acids is 2. The van der Waals surface area contributed by atoms with Gasteiger partial charge in [0.1, 0.15) is 5.82 Å². The second-order valence-corrected chi connectivity index (χ2v) is 8.23. The molecule has 4 N–H and O–H groups in total. The fourth-order valence-corrected chi connectivity index (χ4v) is 3.75. The van der Waals surface area contributed by atoms with Crippen LogP contribution in [0.15, 0.2) is 42.9 Å². The van der Waals surface area contributed by atoms with E-state index < -0.39 is 5.91 Å². The summed E-state index contributed by atoms with van der Waals surface area (Å²) in [6.45, 7) is 2.59. The number of nitrogens with two attached hydrogens (primary N) is 1. The predicted octanol–water partition coefficient (Wildman–Crippen LogP) is 3.67. The van der Waals surface area contributed by atoms with Crippen LogP contribution in [0.2, 0.25) is 5.02 Å². The highest BCUT2D eigenvalue weighted by Gasteiger charge is 2.30. The zero-order valence-corrected chi connectivity index (χ0v) is 18.2. The summed E-state index contributed by atoms with van der Waals surface area (Å²) in [5.41, 5.74) is 10.1. The number of amides is 2. The monoisotopic (exact) mass is 437 g/mol. The number of nitrogens with zero attached hydrogens (tertiary/aromatic N) is 2. The van der Waals surface area contributed by atoms with Crippen molar-refractivity contribution in [2.24, 2.45) is 11.7 Å². The lowest BCUT2D eigenvalue weighted by molar-refractivity contribution is -0.117. The van der Waals surface area contributed by atoms with E-state index >= 15 is 0 Å². The summed E-state index contributed by atoms with van der Waals surface area (Å²) in [4.78, 5) is 28.7. The van der Waals surface area contributed by atoms with Crippen LogP contribution in [0, 0.1) is 12.8 Å². The molecule has 8 heteroatoms. The van der Waals surface area contributed by atoms with Gasteiger partial charge in [-0.1, -0.05) is 17.7 Å². The van der Waals surface area contributed by atoms with Crippen molar-refractivity contribution < 1.29 is 9.59 Å². The molecule has 160 valence electrons. The van der Waals surface area contributed by atoms with E-state index in [-0.39, 0.29) is 11.8 Å². The number of hydrogen-bond acceptors (Lipinski definition) is 4. The van der Waals surface area contributed by atoms with E-state index in [1.165, 1.54) is 0 Å². The molecule has 1 saturated carbocycles. The molecule has 7 nitrogen and oxygen atoms in total. The van der Waals surface area contributed by atoms with Crippen LogP contribution in [0.1, 0.15) is 34.3 Å². The number of hydrogen-bond donors (Lipinski definition) is 3. The van der Waals surface area contributed by atoms with Gasteiger partial charge in [0.15, 0.2) is 0 Å². The molecule has 4 rings (SSSR count). The summed E-state index contributed by atoms with van der Waals surface area (Å²) in [7, 11) is 1.87. The normalized spacial score (nSPS) is 13.3. The van der Waals surface area contributed by atoms with Crippen LogP contribution in [0.25, 0.3) is 16.8 Å². The third-order valence-corrected chi connectivity index (χ3v) is 5.68. The fraction of sp³-hybridized carbons (Fsp3) is 0.261. The SMILES string of the molecule is CNCc1ccc(Cl)c(-c2cn(-c3cc(NC(=O)C4CC4)ncc3C)cc2C(N)=O)c1. The lowest BCUT2D eigenvalue weighted by atomic mass is 10.0. The number of anilines is 1. The number of benzene rings is 1. The number of halogens is 1. The van der Waals surface area contributed by atoms with Gasteiger partial charge in [0.25, 0.3) is 5.91 Å². The molecule has 1 aliphatic rings. The molecule has 3 aromatic rings. The van der Waals surface area contributed by atoms with Crippen molar-refractivity contribution in [3.8, 4) is 16.8 Å². The molecular formula is C23H24ClN5O2. The van der Waals surface area contributed by atoms with E-state index in [9.17, 15) is 9.59 Å². The Bertz CT molecular complexity index is 1170. The molecule has 0 radical (unpaired) electrons. The van der Waals surface area contributed by atoms with Crippen molar-refractivity contribution in [1.29, 1.82) is 0 Å². The average molecular weight is 438 g/mol. The van der Waals surface area contributed by atoms with E-state index in [4.69, 9.17) is 17.3 Å². The maximum atomic E-state index is 12.2.